The molecule has 0 bridgehead atoms. The molecule has 180 valence electrons. The van der Waals surface area contributed by atoms with Crippen molar-refractivity contribution in [2.24, 2.45) is 0 Å². The van der Waals surface area contributed by atoms with E-state index in [1.165, 1.54) is 0 Å². The summed E-state index contributed by atoms with van der Waals surface area (Å²) in [7, 11) is 0. The summed E-state index contributed by atoms with van der Waals surface area (Å²) < 4.78 is 20.6. The molecule has 10 nitrogen and oxygen atoms in total. The number of amides is 2. The van der Waals surface area contributed by atoms with Gasteiger partial charge in [-0.2, -0.15) is 0 Å². The fourth-order valence-electron chi connectivity index (χ4n) is 2.47. The number of rotatable bonds is 16. The van der Waals surface area contributed by atoms with Crippen LogP contribution in [0, 0.1) is 0 Å². The molecule has 0 rings (SSSR count). The van der Waals surface area contributed by atoms with Gasteiger partial charge in [0, 0.05) is 26.3 Å². The molecule has 0 saturated heterocycles. The number of carbonyl (C=O) groups excluding carboxylic acids is 4. The number of hydrogen-bond donors (Lipinski definition) is 2. The van der Waals surface area contributed by atoms with Gasteiger partial charge in [-0.25, -0.2) is 9.59 Å². The van der Waals surface area contributed by atoms with Crippen LogP contribution in [-0.2, 0) is 38.1 Å². The third kappa shape index (κ3) is 16.2. The van der Waals surface area contributed by atoms with Crippen LogP contribution in [0.4, 0.5) is 0 Å². The van der Waals surface area contributed by atoms with Crippen LogP contribution in [0.15, 0.2) is 0 Å². The van der Waals surface area contributed by atoms with Crippen LogP contribution in [0.1, 0.15) is 59.8 Å². The summed E-state index contributed by atoms with van der Waals surface area (Å²) >= 11 is 0. The number of esters is 2. The van der Waals surface area contributed by atoms with Crippen molar-refractivity contribution >= 4 is 23.8 Å². The highest BCUT2D eigenvalue weighted by Crippen LogP contribution is 2.06. The average Bonchev–Trinajstić information content (AvgIpc) is 2.73. The third-order valence-electron chi connectivity index (χ3n) is 4.17. The molecule has 0 heterocycles. The third-order valence-corrected chi connectivity index (χ3v) is 4.17. The maximum absolute atomic E-state index is 11.4. The molecular formula is C21H38N2O8. The zero-order valence-corrected chi connectivity index (χ0v) is 19.2. The highest BCUT2D eigenvalue weighted by Gasteiger charge is 2.14. The molecule has 0 aromatic carbocycles. The lowest BCUT2D eigenvalue weighted by molar-refractivity contribution is -0.154. The SMILES string of the molecule is CCOC(=O)C(=O)NCCCOC(C)CCCCOC(C)CCNC(=O)C(=O)OCC. The predicted molar refractivity (Wildman–Crippen MR) is 113 cm³/mol. The Labute approximate surface area is 184 Å². The second kappa shape index (κ2) is 18.6. The standard InChI is InChI=1S/C21H38N2O8/c1-5-28-20(26)18(24)22-12-9-15-31-16(3)10-7-8-14-30-17(4)11-13-23-19(25)21(27)29-6-2/h16-17H,5-15H2,1-4H3,(H,22,24)(H,23,25). The molecular weight excluding hydrogens is 408 g/mol. The van der Waals surface area contributed by atoms with E-state index in [9.17, 15) is 19.2 Å². The second-order valence-corrected chi connectivity index (χ2v) is 6.95. The van der Waals surface area contributed by atoms with E-state index in [0.29, 0.717) is 39.1 Å². The Morgan fingerprint density at radius 3 is 1.71 bits per heavy atom. The van der Waals surface area contributed by atoms with E-state index in [0.717, 1.165) is 19.3 Å². The smallest absolute Gasteiger partial charge is 0.396 e. The van der Waals surface area contributed by atoms with Gasteiger partial charge in [0.1, 0.15) is 0 Å². The molecule has 31 heavy (non-hydrogen) atoms. The lowest BCUT2D eigenvalue weighted by atomic mass is 10.2. The maximum Gasteiger partial charge on any atom is 0.396 e. The van der Waals surface area contributed by atoms with Gasteiger partial charge in [-0.05, 0) is 59.8 Å². The minimum Gasteiger partial charge on any atom is -0.459 e. The molecule has 0 spiro atoms. The highest BCUT2D eigenvalue weighted by molar-refractivity contribution is 6.32. The lowest BCUT2D eigenvalue weighted by Gasteiger charge is -2.15. The van der Waals surface area contributed by atoms with E-state index in [1.54, 1.807) is 13.8 Å². The van der Waals surface area contributed by atoms with Gasteiger partial charge in [-0.1, -0.05) is 0 Å². The van der Waals surface area contributed by atoms with Crippen LogP contribution in [-0.4, -0.2) is 75.5 Å². The Hall–Kier alpha value is -2.20. The first-order valence-electron chi connectivity index (χ1n) is 10.9. The summed E-state index contributed by atoms with van der Waals surface area (Å²) in [6, 6.07) is 0. The van der Waals surface area contributed by atoms with Crippen molar-refractivity contribution in [1.82, 2.24) is 10.6 Å². The number of unbranched alkanes of at least 4 members (excludes halogenated alkanes) is 1. The molecule has 2 amide bonds. The van der Waals surface area contributed by atoms with Gasteiger partial charge in [-0.15, -0.1) is 0 Å². The number of ether oxygens (including phenoxy) is 4. The normalized spacial score (nSPS) is 12.5. The summed E-state index contributed by atoms with van der Waals surface area (Å²) in [5.41, 5.74) is 0. The van der Waals surface area contributed by atoms with Gasteiger partial charge >= 0.3 is 23.8 Å². The molecule has 0 aromatic rings. The van der Waals surface area contributed by atoms with Crippen LogP contribution >= 0.6 is 0 Å². The largest absolute Gasteiger partial charge is 0.459 e. The minimum atomic E-state index is -0.867. The van der Waals surface area contributed by atoms with Gasteiger partial charge < -0.3 is 29.6 Å². The summed E-state index contributed by atoms with van der Waals surface area (Å²) in [5, 5.41) is 4.99. The molecule has 0 aliphatic carbocycles. The fraction of sp³-hybridized carbons (Fsp3) is 0.810. The van der Waals surface area contributed by atoms with Crippen LogP contribution in [0.2, 0.25) is 0 Å². The molecule has 0 aliphatic heterocycles. The Balaban J connectivity index is 3.59. The van der Waals surface area contributed by atoms with Crippen LogP contribution in [0.25, 0.3) is 0 Å². The molecule has 0 aliphatic rings. The number of carbonyl (C=O) groups is 4. The van der Waals surface area contributed by atoms with Gasteiger partial charge in [0.25, 0.3) is 0 Å². The number of hydrogen-bond acceptors (Lipinski definition) is 8. The van der Waals surface area contributed by atoms with E-state index in [1.807, 2.05) is 13.8 Å². The quantitative estimate of drug-likeness (QED) is 0.205. The van der Waals surface area contributed by atoms with Crippen molar-refractivity contribution in [2.45, 2.75) is 72.0 Å². The monoisotopic (exact) mass is 446 g/mol. The Kier molecular flexibility index (Phi) is 17.2. The minimum absolute atomic E-state index is 0.0269. The maximum atomic E-state index is 11.4. The van der Waals surface area contributed by atoms with Gasteiger partial charge in [0.15, 0.2) is 0 Å². The first-order chi connectivity index (χ1) is 14.8. The molecule has 0 saturated carbocycles. The van der Waals surface area contributed by atoms with Crippen molar-refractivity contribution in [2.75, 3.05) is 39.5 Å². The Morgan fingerprint density at radius 2 is 1.16 bits per heavy atom. The molecule has 0 fully saturated rings. The molecule has 0 radical (unpaired) electrons. The van der Waals surface area contributed by atoms with E-state index >= 15 is 0 Å². The lowest BCUT2D eigenvalue weighted by Crippen LogP contribution is -2.34. The van der Waals surface area contributed by atoms with Crippen molar-refractivity contribution in [3.05, 3.63) is 0 Å². The zero-order chi connectivity index (χ0) is 23.5. The van der Waals surface area contributed by atoms with Crippen molar-refractivity contribution < 1.29 is 38.1 Å². The van der Waals surface area contributed by atoms with Crippen molar-refractivity contribution in [3.8, 4) is 0 Å². The summed E-state index contributed by atoms with van der Waals surface area (Å²) in [4.78, 5) is 45.1. The average molecular weight is 447 g/mol. The summed E-state index contributed by atoms with van der Waals surface area (Å²) in [6.45, 7) is 9.36. The zero-order valence-electron chi connectivity index (χ0n) is 19.2. The predicted octanol–water partition coefficient (Wildman–Crippen LogP) is 1.11. The van der Waals surface area contributed by atoms with E-state index in [4.69, 9.17) is 9.47 Å². The van der Waals surface area contributed by atoms with E-state index < -0.39 is 23.8 Å². The van der Waals surface area contributed by atoms with Gasteiger partial charge in [0.2, 0.25) is 0 Å². The Morgan fingerprint density at radius 1 is 0.677 bits per heavy atom. The summed E-state index contributed by atoms with van der Waals surface area (Å²) in [6.07, 6.45) is 4.02. The molecule has 10 heteroatoms. The van der Waals surface area contributed by atoms with Crippen LogP contribution in [0.3, 0.4) is 0 Å². The summed E-state index contributed by atoms with van der Waals surface area (Å²) in [5.74, 6) is -3.20. The van der Waals surface area contributed by atoms with Gasteiger partial charge in [0.05, 0.1) is 25.4 Å². The van der Waals surface area contributed by atoms with Crippen molar-refractivity contribution in [3.63, 3.8) is 0 Å². The number of nitrogens with one attached hydrogen (secondary N) is 2. The molecule has 0 aromatic heterocycles. The second-order valence-electron chi connectivity index (χ2n) is 6.95. The highest BCUT2D eigenvalue weighted by atomic mass is 16.5. The van der Waals surface area contributed by atoms with E-state index in [2.05, 4.69) is 20.1 Å². The first-order valence-corrected chi connectivity index (χ1v) is 10.9. The molecule has 2 unspecified atom stereocenters. The van der Waals surface area contributed by atoms with Crippen LogP contribution in [0.5, 0.6) is 0 Å². The van der Waals surface area contributed by atoms with Crippen molar-refractivity contribution in [1.29, 1.82) is 0 Å². The molecule has 2 N–H and O–H groups in total. The molecule has 2 atom stereocenters. The van der Waals surface area contributed by atoms with Crippen LogP contribution < -0.4 is 10.6 Å². The van der Waals surface area contributed by atoms with Gasteiger partial charge in [-0.3, -0.25) is 9.59 Å². The van der Waals surface area contributed by atoms with E-state index in [-0.39, 0.29) is 25.4 Å². The first kappa shape index (κ1) is 28.8. The fourth-order valence-corrected chi connectivity index (χ4v) is 2.47. The topological polar surface area (TPSA) is 129 Å². The Bertz CT molecular complexity index is 541.